The zero-order chi connectivity index (χ0) is 9.97. The molecule has 1 aliphatic rings. The summed E-state index contributed by atoms with van der Waals surface area (Å²) in [6, 6.07) is 0. The first-order chi connectivity index (χ1) is 6.77. The summed E-state index contributed by atoms with van der Waals surface area (Å²) in [5.74, 6) is 1.19. The molecule has 1 aromatic heterocycles. The molecule has 0 amide bonds. The van der Waals surface area contributed by atoms with E-state index in [2.05, 4.69) is 9.97 Å². The van der Waals surface area contributed by atoms with Gasteiger partial charge in [-0.3, -0.25) is 0 Å². The monoisotopic (exact) mass is 195 g/mol. The maximum absolute atomic E-state index is 10.4. The van der Waals surface area contributed by atoms with Crippen molar-refractivity contribution >= 4 is 5.82 Å². The van der Waals surface area contributed by atoms with Gasteiger partial charge in [0.25, 0.3) is 0 Å². The molecule has 1 N–H and O–H groups in total. The number of aromatic amines is 1. The van der Waals surface area contributed by atoms with E-state index < -0.39 is 4.92 Å². The topological polar surface area (TPSA) is 71.8 Å². The van der Waals surface area contributed by atoms with Gasteiger partial charge in [0.15, 0.2) is 5.82 Å². The van der Waals surface area contributed by atoms with Gasteiger partial charge in [-0.05, 0) is 17.8 Å². The van der Waals surface area contributed by atoms with Crippen LogP contribution in [0, 0.1) is 10.1 Å². The Kier molecular flexibility index (Phi) is 2.47. The van der Waals surface area contributed by atoms with Gasteiger partial charge >= 0.3 is 5.82 Å². The lowest BCUT2D eigenvalue weighted by Gasteiger charge is -2.17. The van der Waals surface area contributed by atoms with Crippen molar-refractivity contribution in [3.05, 3.63) is 22.1 Å². The molecule has 2 rings (SSSR count). The van der Waals surface area contributed by atoms with Crippen LogP contribution in [0.2, 0.25) is 0 Å². The second-order valence-corrected chi connectivity index (χ2v) is 3.75. The smallest absolute Gasteiger partial charge is 0.340 e. The van der Waals surface area contributed by atoms with E-state index in [9.17, 15) is 10.1 Å². The van der Waals surface area contributed by atoms with Crippen LogP contribution in [0.4, 0.5) is 5.82 Å². The fourth-order valence-corrected chi connectivity index (χ4v) is 2.00. The maximum Gasteiger partial charge on any atom is 0.340 e. The molecule has 1 fully saturated rings. The Morgan fingerprint density at radius 2 is 2.14 bits per heavy atom. The van der Waals surface area contributed by atoms with Crippen LogP contribution in [0.25, 0.3) is 0 Å². The molecule has 1 saturated carbocycles. The van der Waals surface area contributed by atoms with Gasteiger partial charge in [0.2, 0.25) is 0 Å². The zero-order valence-corrected chi connectivity index (χ0v) is 7.90. The largest absolute Gasteiger partial charge is 0.358 e. The third-order valence-electron chi connectivity index (χ3n) is 2.77. The Balaban J connectivity index is 2.11. The Bertz CT molecular complexity index is 329. The summed E-state index contributed by atoms with van der Waals surface area (Å²) in [5, 5.41) is 10.4. The molecule has 0 atom stereocenters. The first kappa shape index (κ1) is 9.18. The van der Waals surface area contributed by atoms with Crippen LogP contribution >= 0.6 is 0 Å². The van der Waals surface area contributed by atoms with Crippen LogP contribution in [0.15, 0.2) is 6.20 Å². The second kappa shape index (κ2) is 3.77. The minimum Gasteiger partial charge on any atom is -0.358 e. The van der Waals surface area contributed by atoms with E-state index in [1.165, 1.54) is 25.5 Å². The number of nitro groups is 1. The van der Waals surface area contributed by atoms with E-state index in [1.807, 2.05) is 0 Å². The van der Waals surface area contributed by atoms with Gasteiger partial charge in [-0.1, -0.05) is 19.3 Å². The first-order valence-corrected chi connectivity index (χ1v) is 4.96. The molecule has 5 nitrogen and oxygen atoms in total. The van der Waals surface area contributed by atoms with Crippen molar-refractivity contribution in [3.8, 4) is 0 Å². The number of nitrogens with one attached hydrogen (secondary N) is 1. The molecule has 0 bridgehead atoms. The van der Waals surface area contributed by atoms with Gasteiger partial charge in [-0.25, -0.2) is 9.97 Å². The van der Waals surface area contributed by atoms with E-state index in [1.54, 1.807) is 0 Å². The molecule has 1 aromatic rings. The van der Waals surface area contributed by atoms with E-state index in [-0.39, 0.29) is 5.82 Å². The molecule has 14 heavy (non-hydrogen) atoms. The van der Waals surface area contributed by atoms with E-state index >= 15 is 0 Å². The summed E-state index contributed by atoms with van der Waals surface area (Å²) < 4.78 is 0. The summed E-state index contributed by atoms with van der Waals surface area (Å²) in [6.45, 7) is 0. The molecule has 1 heterocycles. The van der Waals surface area contributed by atoms with Gasteiger partial charge in [0, 0.05) is 5.92 Å². The quantitative estimate of drug-likeness (QED) is 0.581. The van der Waals surface area contributed by atoms with Gasteiger partial charge in [0.1, 0.15) is 6.20 Å². The summed E-state index contributed by atoms with van der Waals surface area (Å²) in [6.07, 6.45) is 7.21. The van der Waals surface area contributed by atoms with Crippen LogP contribution in [0.3, 0.4) is 0 Å². The van der Waals surface area contributed by atoms with Crippen LogP contribution in [-0.4, -0.2) is 14.9 Å². The number of H-pyrrole nitrogens is 1. The third-order valence-corrected chi connectivity index (χ3v) is 2.77. The van der Waals surface area contributed by atoms with Crippen molar-refractivity contribution in [1.29, 1.82) is 0 Å². The lowest BCUT2D eigenvalue weighted by Crippen LogP contribution is -2.06. The molecule has 0 spiro atoms. The summed E-state index contributed by atoms with van der Waals surface area (Å²) in [7, 11) is 0. The van der Waals surface area contributed by atoms with Gasteiger partial charge in [0.05, 0.1) is 0 Å². The molecule has 1 aliphatic carbocycles. The highest BCUT2D eigenvalue weighted by atomic mass is 16.6. The lowest BCUT2D eigenvalue weighted by atomic mass is 9.89. The minimum atomic E-state index is -0.431. The molecule has 5 heteroatoms. The normalized spacial score (nSPS) is 18.3. The Morgan fingerprint density at radius 3 is 2.71 bits per heavy atom. The molecule has 0 aromatic carbocycles. The molecule has 0 unspecified atom stereocenters. The first-order valence-electron chi connectivity index (χ1n) is 4.96. The molecule has 0 aliphatic heterocycles. The zero-order valence-electron chi connectivity index (χ0n) is 7.90. The lowest BCUT2D eigenvalue weighted by molar-refractivity contribution is -0.389. The van der Waals surface area contributed by atoms with Gasteiger partial charge in [-0.15, -0.1) is 0 Å². The Hall–Kier alpha value is -1.39. The average molecular weight is 195 g/mol. The van der Waals surface area contributed by atoms with Crippen molar-refractivity contribution < 1.29 is 4.92 Å². The fourth-order valence-electron chi connectivity index (χ4n) is 2.00. The minimum absolute atomic E-state index is 0.00516. The van der Waals surface area contributed by atoms with E-state index in [4.69, 9.17) is 0 Å². The van der Waals surface area contributed by atoms with Crippen LogP contribution < -0.4 is 0 Å². The van der Waals surface area contributed by atoms with Crippen molar-refractivity contribution in [3.63, 3.8) is 0 Å². The Morgan fingerprint density at radius 1 is 1.43 bits per heavy atom. The van der Waals surface area contributed by atoms with Crippen molar-refractivity contribution in [1.82, 2.24) is 9.97 Å². The van der Waals surface area contributed by atoms with E-state index in [0.29, 0.717) is 5.92 Å². The number of rotatable bonds is 2. The van der Waals surface area contributed by atoms with Gasteiger partial charge in [-0.2, -0.15) is 0 Å². The van der Waals surface area contributed by atoms with Crippen LogP contribution in [0.5, 0.6) is 0 Å². The summed E-state index contributed by atoms with van der Waals surface area (Å²) >= 11 is 0. The average Bonchev–Trinajstić information content (AvgIpc) is 2.68. The van der Waals surface area contributed by atoms with Gasteiger partial charge < -0.3 is 10.1 Å². The number of hydrogen-bond acceptors (Lipinski definition) is 3. The van der Waals surface area contributed by atoms with E-state index in [0.717, 1.165) is 18.7 Å². The van der Waals surface area contributed by atoms with Crippen LogP contribution in [-0.2, 0) is 0 Å². The molecule has 76 valence electrons. The highest BCUT2D eigenvalue weighted by molar-refractivity contribution is 5.17. The number of aromatic nitrogens is 2. The van der Waals surface area contributed by atoms with Crippen LogP contribution in [0.1, 0.15) is 43.8 Å². The van der Waals surface area contributed by atoms with Crippen molar-refractivity contribution in [2.24, 2.45) is 0 Å². The Labute approximate surface area is 81.7 Å². The second-order valence-electron chi connectivity index (χ2n) is 3.75. The predicted octanol–water partition coefficient (Wildman–Crippen LogP) is 2.37. The fraction of sp³-hybridized carbons (Fsp3) is 0.667. The molecule has 0 radical (unpaired) electrons. The highest BCUT2D eigenvalue weighted by Gasteiger charge is 2.22. The van der Waals surface area contributed by atoms with Crippen molar-refractivity contribution in [2.75, 3.05) is 0 Å². The SMILES string of the molecule is O=[N+]([O-])c1cnc(C2CCCCC2)[nH]1. The maximum atomic E-state index is 10.4. The molecular weight excluding hydrogens is 182 g/mol. The highest BCUT2D eigenvalue weighted by Crippen LogP contribution is 2.31. The number of hydrogen-bond donors (Lipinski definition) is 1. The summed E-state index contributed by atoms with van der Waals surface area (Å²) in [5.41, 5.74) is 0. The third kappa shape index (κ3) is 1.76. The predicted molar refractivity (Wildman–Crippen MR) is 51.1 cm³/mol. The summed E-state index contributed by atoms with van der Waals surface area (Å²) in [4.78, 5) is 16.8. The number of imidazole rings is 1. The molecular formula is C9H13N3O2. The number of nitrogens with zero attached hydrogens (tertiary/aromatic N) is 2. The van der Waals surface area contributed by atoms with Crippen molar-refractivity contribution in [2.45, 2.75) is 38.0 Å². The molecule has 0 saturated heterocycles. The standard InChI is InChI=1S/C9H13N3O2/c13-12(14)8-6-10-9(11-8)7-4-2-1-3-5-7/h6-7H,1-5H2,(H,10,11).